The number of H-pyrrole nitrogens is 1. The Kier molecular flexibility index (Phi) is 5.80. The first-order valence-electron chi connectivity index (χ1n) is 9.64. The Labute approximate surface area is 182 Å². The van der Waals surface area contributed by atoms with Gasteiger partial charge in [-0.15, -0.1) is 0 Å². The number of rotatable bonds is 7. The molecule has 0 bridgehead atoms. The lowest BCUT2D eigenvalue weighted by Crippen LogP contribution is -2.20. The molecule has 1 heterocycles. The largest absolute Gasteiger partial charge is 0.484 e. The lowest BCUT2D eigenvalue weighted by atomic mass is 10.1. The lowest BCUT2D eigenvalue weighted by Gasteiger charge is -2.09. The molecular weight excluding hydrogens is 412 g/mol. The number of nitrogens with zero attached hydrogens (tertiary/aromatic N) is 1. The van der Waals surface area contributed by atoms with Crippen LogP contribution in [-0.2, 0) is 4.79 Å². The van der Waals surface area contributed by atoms with E-state index in [4.69, 9.17) is 4.74 Å². The summed E-state index contributed by atoms with van der Waals surface area (Å²) in [6.07, 6.45) is 1.50. The van der Waals surface area contributed by atoms with Crippen molar-refractivity contribution in [3.05, 3.63) is 94.7 Å². The van der Waals surface area contributed by atoms with E-state index >= 15 is 0 Å². The van der Waals surface area contributed by atoms with Crippen LogP contribution in [0.3, 0.4) is 0 Å². The second kappa shape index (κ2) is 9.00. The summed E-state index contributed by atoms with van der Waals surface area (Å²) in [7, 11) is 0. The van der Waals surface area contributed by atoms with Gasteiger partial charge in [0.2, 0.25) is 0 Å². The number of nitro groups is 1. The van der Waals surface area contributed by atoms with Gasteiger partial charge in [-0.05, 0) is 30.3 Å². The van der Waals surface area contributed by atoms with E-state index in [-0.39, 0.29) is 23.8 Å². The summed E-state index contributed by atoms with van der Waals surface area (Å²) in [5.74, 6) is -0.345. The molecule has 4 aromatic rings. The number of aromatic nitrogens is 1. The Balaban J connectivity index is 1.42. The quantitative estimate of drug-likeness (QED) is 0.297. The molecule has 160 valence electrons. The van der Waals surface area contributed by atoms with Gasteiger partial charge in [-0.25, -0.2) is 0 Å². The zero-order valence-corrected chi connectivity index (χ0v) is 16.7. The fourth-order valence-electron chi connectivity index (χ4n) is 3.14. The van der Waals surface area contributed by atoms with Crippen molar-refractivity contribution in [3.8, 4) is 5.75 Å². The monoisotopic (exact) mass is 430 g/mol. The number of nitro benzene ring substituents is 1. The van der Waals surface area contributed by atoms with Crippen molar-refractivity contribution in [3.63, 3.8) is 0 Å². The highest BCUT2D eigenvalue weighted by Gasteiger charge is 2.16. The molecule has 0 fully saturated rings. The molecule has 0 radical (unpaired) electrons. The van der Waals surface area contributed by atoms with Crippen LogP contribution >= 0.6 is 0 Å². The summed E-state index contributed by atoms with van der Waals surface area (Å²) in [6.45, 7) is -0.196. The molecule has 0 unspecified atom stereocenters. The van der Waals surface area contributed by atoms with Crippen molar-refractivity contribution in [1.29, 1.82) is 0 Å². The first kappa shape index (κ1) is 20.6. The number of hydrogen-bond donors (Lipinski definition) is 3. The molecule has 1 aromatic heterocycles. The van der Waals surface area contributed by atoms with Gasteiger partial charge in [0.1, 0.15) is 5.75 Å². The third-order valence-corrected chi connectivity index (χ3v) is 4.64. The lowest BCUT2D eigenvalue weighted by molar-refractivity contribution is -0.384. The van der Waals surface area contributed by atoms with E-state index < -0.39 is 10.8 Å². The van der Waals surface area contributed by atoms with E-state index in [2.05, 4.69) is 15.6 Å². The van der Waals surface area contributed by atoms with Crippen LogP contribution in [0.2, 0.25) is 0 Å². The average Bonchev–Trinajstić information content (AvgIpc) is 3.22. The molecule has 0 spiro atoms. The van der Waals surface area contributed by atoms with Crippen LogP contribution in [0.1, 0.15) is 10.4 Å². The minimum Gasteiger partial charge on any atom is -0.484 e. The molecule has 2 amide bonds. The Hall–Kier alpha value is -4.66. The number of hydrogen-bond acceptors (Lipinski definition) is 5. The van der Waals surface area contributed by atoms with Gasteiger partial charge >= 0.3 is 0 Å². The smallest absolute Gasteiger partial charge is 0.270 e. The molecule has 32 heavy (non-hydrogen) atoms. The molecule has 4 rings (SSSR count). The van der Waals surface area contributed by atoms with Crippen LogP contribution in [0, 0.1) is 10.1 Å². The first-order chi connectivity index (χ1) is 15.5. The maximum absolute atomic E-state index is 12.7. The summed E-state index contributed by atoms with van der Waals surface area (Å²) in [5, 5.41) is 17.0. The molecule has 0 saturated heterocycles. The van der Waals surface area contributed by atoms with Crippen LogP contribution < -0.4 is 15.4 Å². The molecule has 0 aliphatic heterocycles. The normalized spacial score (nSPS) is 10.5. The number of carbonyl (C=O) groups is 2. The highest BCUT2D eigenvalue weighted by Crippen LogP contribution is 2.25. The maximum Gasteiger partial charge on any atom is 0.270 e. The molecule has 9 heteroatoms. The predicted molar refractivity (Wildman–Crippen MR) is 120 cm³/mol. The van der Waals surface area contributed by atoms with Gasteiger partial charge in [-0.3, -0.25) is 19.7 Å². The standard InChI is InChI=1S/C23H18N4O5/c28-22(25-15-5-2-1-3-6-15)14-32-18-8-4-7-16(11-18)26-23(29)20-13-24-21-10-9-17(27(30)31)12-19(20)21/h1-13,24H,14H2,(H,25,28)(H,26,29). The highest BCUT2D eigenvalue weighted by molar-refractivity contribution is 6.13. The van der Waals surface area contributed by atoms with Gasteiger partial charge < -0.3 is 20.4 Å². The molecular formula is C23H18N4O5. The van der Waals surface area contributed by atoms with Crippen molar-refractivity contribution in [2.75, 3.05) is 17.2 Å². The first-order valence-corrected chi connectivity index (χ1v) is 9.64. The number of amides is 2. The fourth-order valence-corrected chi connectivity index (χ4v) is 3.14. The van der Waals surface area contributed by atoms with Crippen molar-refractivity contribution >= 4 is 39.8 Å². The molecule has 0 aliphatic carbocycles. The van der Waals surface area contributed by atoms with Crippen LogP contribution in [0.15, 0.2) is 79.0 Å². The highest BCUT2D eigenvalue weighted by atomic mass is 16.6. The minimum absolute atomic E-state index is 0.102. The van der Waals surface area contributed by atoms with E-state index in [0.717, 1.165) is 0 Å². The van der Waals surface area contributed by atoms with Crippen LogP contribution in [0.25, 0.3) is 10.9 Å². The summed E-state index contributed by atoms with van der Waals surface area (Å²) in [4.78, 5) is 38.3. The average molecular weight is 430 g/mol. The Morgan fingerprint density at radius 2 is 1.72 bits per heavy atom. The molecule has 0 aliphatic rings. The minimum atomic E-state index is -0.511. The van der Waals surface area contributed by atoms with Crippen LogP contribution in [0.4, 0.5) is 17.1 Å². The SMILES string of the molecule is O=C(COc1cccc(NC(=O)c2c[nH]c3ccc([N+](=O)[O-])cc23)c1)Nc1ccccc1. The zero-order valence-electron chi connectivity index (χ0n) is 16.7. The molecule has 3 N–H and O–H groups in total. The number of carbonyl (C=O) groups excluding carboxylic acids is 2. The number of nitrogens with one attached hydrogen (secondary N) is 3. The number of benzene rings is 3. The van der Waals surface area contributed by atoms with Crippen LogP contribution in [-0.4, -0.2) is 28.3 Å². The number of fused-ring (bicyclic) bond motifs is 1. The summed E-state index contributed by atoms with van der Waals surface area (Å²) < 4.78 is 5.52. The number of ether oxygens (including phenoxy) is 1. The molecule has 3 aromatic carbocycles. The number of non-ortho nitro benzene ring substituents is 1. The van der Waals surface area contributed by atoms with Gasteiger partial charge in [0.25, 0.3) is 17.5 Å². The van der Waals surface area contributed by atoms with Gasteiger partial charge in [0.15, 0.2) is 6.61 Å². The van der Waals surface area contributed by atoms with E-state index in [0.29, 0.717) is 28.0 Å². The van der Waals surface area contributed by atoms with Gasteiger partial charge in [0, 0.05) is 46.7 Å². The molecule has 9 nitrogen and oxygen atoms in total. The summed E-state index contributed by atoms with van der Waals surface area (Å²) in [5.41, 5.74) is 1.91. The van der Waals surface area contributed by atoms with Gasteiger partial charge in [0.05, 0.1) is 10.5 Å². The van der Waals surface area contributed by atoms with Gasteiger partial charge in [-0.1, -0.05) is 24.3 Å². The van der Waals surface area contributed by atoms with Crippen molar-refractivity contribution in [2.24, 2.45) is 0 Å². The second-order valence-corrected chi connectivity index (χ2v) is 6.87. The second-order valence-electron chi connectivity index (χ2n) is 6.87. The van der Waals surface area contributed by atoms with E-state index in [1.54, 1.807) is 42.5 Å². The number of aromatic amines is 1. The molecule has 0 atom stereocenters. The zero-order chi connectivity index (χ0) is 22.5. The Bertz CT molecular complexity index is 1300. The third-order valence-electron chi connectivity index (χ3n) is 4.64. The summed E-state index contributed by atoms with van der Waals surface area (Å²) in [6, 6.07) is 19.9. The van der Waals surface area contributed by atoms with E-state index in [1.165, 1.54) is 18.3 Å². The number of para-hydroxylation sites is 1. The van der Waals surface area contributed by atoms with Gasteiger partial charge in [-0.2, -0.15) is 0 Å². The third kappa shape index (κ3) is 4.73. The Morgan fingerprint density at radius 3 is 2.50 bits per heavy atom. The topological polar surface area (TPSA) is 126 Å². The van der Waals surface area contributed by atoms with Crippen molar-refractivity contribution in [1.82, 2.24) is 4.98 Å². The molecule has 0 saturated carbocycles. The van der Waals surface area contributed by atoms with Crippen LogP contribution in [0.5, 0.6) is 5.75 Å². The van der Waals surface area contributed by atoms with Crippen molar-refractivity contribution < 1.29 is 19.2 Å². The fraction of sp³-hybridized carbons (Fsp3) is 0.0435. The maximum atomic E-state index is 12.7. The Morgan fingerprint density at radius 1 is 0.938 bits per heavy atom. The summed E-state index contributed by atoms with van der Waals surface area (Å²) >= 11 is 0. The predicted octanol–water partition coefficient (Wildman–Crippen LogP) is 4.35. The van der Waals surface area contributed by atoms with Crippen molar-refractivity contribution in [2.45, 2.75) is 0 Å². The number of anilines is 2. The van der Waals surface area contributed by atoms with E-state index in [9.17, 15) is 19.7 Å². The van der Waals surface area contributed by atoms with E-state index in [1.807, 2.05) is 18.2 Å².